The Morgan fingerprint density at radius 1 is 1.20 bits per heavy atom. The maximum atomic E-state index is 12.2. The fraction of sp³-hybridized carbons (Fsp3) is 0.600. The van der Waals surface area contributed by atoms with Crippen LogP contribution in [0.5, 0.6) is 5.75 Å². The average molecular weight is 298 g/mol. The summed E-state index contributed by atoms with van der Waals surface area (Å²) in [4.78, 5) is 0. The Hall–Kier alpha value is -1.07. The van der Waals surface area contributed by atoms with Crippen molar-refractivity contribution in [3.05, 3.63) is 28.8 Å². The van der Waals surface area contributed by atoms with Crippen molar-refractivity contribution in [2.75, 3.05) is 12.4 Å². The van der Waals surface area contributed by atoms with Crippen molar-refractivity contribution in [3.8, 4) is 5.75 Å². The van der Waals surface area contributed by atoms with E-state index in [1.54, 1.807) is 0 Å². The van der Waals surface area contributed by atoms with E-state index in [2.05, 4.69) is 0 Å². The van der Waals surface area contributed by atoms with Crippen molar-refractivity contribution < 1.29 is 17.3 Å². The van der Waals surface area contributed by atoms with Crippen molar-refractivity contribution in [1.29, 1.82) is 0 Å². The Labute approximate surface area is 121 Å². The van der Waals surface area contributed by atoms with Gasteiger partial charge in [0.2, 0.25) is 0 Å². The van der Waals surface area contributed by atoms with Crippen LogP contribution in [0.2, 0.25) is 0 Å². The topological polar surface area (TPSA) is 52.6 Å². The van der Waals surface area contributed by atoms with Crippen molar-refractivity contribution in [3.63, 3.8) is 0 Å². The van der Waals surface area contributed by atoms with Crippen LogP contribution in [-0.2, 0) is 14.9 Å². The highest BCUT2D eigenvalue weighted by molar-refractivity contribution is 7.87. The van der Waals surface area contributed by atoms with Crippen LogP contribution in [0.25, 0.3) is 0 Å². The smallest absolute Gasteiger partial charge is 0.311 e. The molecular formula is C15H22O4S. The van der Waals surface area contributed by atoms with Gasteiger partial charge in [-0.2, -0.15) is 8.42 Å². The second-order valence-corrected chi connectivity index (χ2v) is 7.07. The van der Waals surface area contributed by atoms with Gasteiger partial charge in [0.15, 0.2) is 0 Å². The molecule has 0 radical (unpaired) electrons. The fourth-order valence-electron chi connectivity index (χ4n) is 2.38. The summed E-state index contributed by atoms with van der Waals surface area (Å²) in [5.41, 5.74) is 2.73. The zero-order chi connectivity index (χ0) is 14.8. The molecule has 112 valence electrons. The van der Waals surface area contributed by atoms with Gasteiger partial charge in [0, 0.05) is 6.61 Å². The molecule has 1 atom stereocenters. The van der Waals surface area contributed by atoms with Crippen molar-refractivity contribution >= 4 is 10.1 Å². The second-order valence-electron chi connectivity index (χ2n) is 5.45. The van der Waals surface area contributed by atoms with Gasteiger partial charge >= 0.3 is 10.1 Å². The normalized spacial score (nSPS) is 19.9. The molecule has 0 aliphatic carbocycles. The van der Waals surface area contributed by atoms with Crippen LogP contribution in [0.15, 0.2) is 12.1 Å². The quantitative estimate of drug-likeness (QED) is 0.802. The minimum atomic E-state index is -3.62. The van der Waals surface area contributed by atoms with E-state index in [9.17, 15) is 8.42 Å². The lowest BCUT2D eigenvalue weighted by atomic mass is 10.1. The van der Waals surface area contributed by atoms with E-state index in [-0.39, 0.29) is 11.9 Å². The van der Waals surface area contributed by atoms with Crippen LogP contribution in [-0.4, -0.2) is 26.9 Å². The molecule has 1 aliphatic heterocycles. The first-order valence-corrected chi connectivity index (χ1v) is 8.57. The Kier molecular flexibility index (Phi) is 4.70. The molecule has 0 saturated carbocycles. The number of hydrogen-bond donors (Lipinski definition) is 0. The second kappa shape index (κ2) is 6.14. The van der Waals surface area contributed by atoms with Gasteiger partial charge < -0.3 is 8.92 Å². The lowest BCUT2D eigenvalue weighted by molar-refractivity contribution is 0.0298. The highest BCUT2D eigenvalue weighted by Gasteiger charge is 2.24. The third-order valence-corrected chi connectivity index (χ3v) is 4.95. The third-order valence-electron chi connectivity index (χ3n) is 3.75. The summed E-state index contributed by atoms with van der Waals surface area (Å²) < 4.78 is 35.2. The standard InChI is InChI=1S/C15H22O4S/c1-11-7-8-12(2)15(13(11)3)19-20(16,17)10-14-6-4-5-9-18-14/h7-8,14H,4-6,9-10H2,1-3H3. The molecule has 1 aromatic carbocycles. The number of aryl methyl sites for hydroxylation is 2. The molecule has 5 heteroatoms. The van der Waals surface area contributed by atoms with E-state index >= 15 is 0 Å². The van der Waals surface area contributed by atoms with E-state index in [1.165, 1.54) is 0 Å². The summed E-state index contributed by atoms with van der Waals surface area (Å²) in [5.74, 6) is 0.389. The summed E-state index contributed by atoms with van der Waals surface area (Å²) in [5, 5.41) is 0. The maximum absolute atomic E-state index is 12.2. The van der Waals surface area contributed by atoms with Crippen LogP contribution in [0.1, 0.15) is 36.0 Å². The van der Waals surface area contributed by atoms with Gasteiger partial charge in [0.1, 0.15) is 11.5 Å². The van der Waals surface area contributed by atoms with E-state index < -0.39 is 10.1 Å². The molecule has 0 bridgehead atoms. The molecule has 1 aromatic rings. The van der Waals surface area contributed by atoms with Crippen LogP contribution < -0.4 is 4.18 Å². The summed E-state index contributed by atoms with van der Waals surface area (Å²) in [7, 11) is -3.62. The summed E-state index contributed by atoms with van der Waals surface area (Å²) in [6, 6.07) is 3.85. The lowest BCUT2D eigenvalue weighted by Crippen LogP contribution is -2.30. The van der Waals surface area contributed by atoms with Gasteiger partial charge in [-0.15, -0.1) is 0 Å². The molecule has 2 rings (SSSR count). The Morgan fingerprint density at radius 3 is 2.55 bits per heavy atom. The number of ether oxygens (including phenoxy) is 1. The first-order chi connectivity index (χ1) is 9.39. The van der Waals surface area contributed by atoms with Crippen LogP contribution in [0.4, 0.5) is 0 Å². The highest BCUT2D eigenvalue weighted by Crippen LogP contribution is 2.27. The van der Waals surface area contributed by atoms with Gasteiger partial charge in [0.05, 0.1) is 6.10 Å². The molecule has 0 spiro atoms. The molecule has 1 saturated heterocycles. The molecule has 1 aliphatic rings. The Morgan fingerprint density at radius 2 is 1.90 bits per heavy atom. The van der Waals surface area contributed by atoms with E-state index in [0.29, 0.717) is 12.4 Å². The molecule has 0 aromatic heterocycles. The van der Waals surface area contributed by atoms with Gasteiger partial charge in [0.25, 0.3) is 0 Å². The first-order valence-electron chi connectivity index (χ1n) is 6.99. The summed E-state index contributed by atoms with van der Waals surface area (Å²) in [6.07, 6.45) is 2.57. The SMILES string of the molecule is Cc1ccc(C)c(OS(=O)(=O)CC2CCCCO2)c1C. The van der Waals surface area contributed by atoms with Crippen molar-refractivity contribution in [1.82, 2.24) is 0 Å². The summed E-state index contributed by atoms with van der Waals surface area (Å²) >= 11 is 0. The Bertz CT molecular complexity index is 572. The molecule has 20 heavy (non-hydrogen) atoms. The van der Waals surface area contributed by atoms with Gasteiger partial charge in [-0.1, -0.05) is 12.1 Å². The molecule has 1 unspecified atom stereocenters. The first kappa shape index (κ1) is 15.3. The van der Waals surface area contributed by atoms with Crippen LogP contribution in [0, 0.1) is 20.8 Å². The molecule has 1 heterocycles. The zero-order valence-corrected chi connectivity index (χ0v) is 13.1. The molecule has 1 fully saturated rings. The van der Waals surface area contributed by atoms with Crippen LogP contribution >= 0.6 is 0 Å². The van der Waals surface area contributed by atoms with Crippen molar-refractivity contribution in [2.24, 2.45) is 0 Å². The lowest BCUT2D eigenvalue weighted by Gasteiger charge is -2.22. The van der Waals surface area contributed by atoms with E-state index in [0.717, 1.165) is 36.0 Å². The van der Waals surface area contributed by atoms with E-state index in [4.69, 9.17) is 8.92 Å². The minimum Gasteiger partial charge on any atom is -0.382 e. The average Bonchev–Trinajstić information content (AvgIpc) is 2.40. The predicted molar refractivity (Wildman–Crippen MR) is 78.7 cm³/mol. The third kappa shape index (κ3) is 3.73. The fourth-order valence-corrected chi connectivity index (χ4v) is 3.68. The van der Waals surface area contributed by atoms with Gasteiger partial charge in [-0.25, -0.2) is 0 Å². The highest BCUT2D eigenvalue weighted by atomic mass is 32.2. The van der Waals surface area contributed by atoms with E-state index in [1.807, 2.05) is 32.9 Å². The summed E-state index contributed by atoms with van der Waals surface area (Å²) in [6.45, 7) is 6.32. The van der Waals surface area contributed by atoms with Gasteiger partial charge in [-0.3, -0.25) is 0 Å². The molecule has 4 nitrogen and oxygen atoms in total. The van der Waals surface area contributed by atoms with Crippen LogP contribution in [0.3, 0.4) is 0 Å². The number of hydrogen-bond acceptors (Lipinski definition) is 4. The predicted octanol–water partition coefficient (Wildman–Crippen LogP) is 2.89. The zero-order valence-electron chi connectivity index (χ0n) is 12.3. The number of rotatable bonds is 4. The molecular weight excluding hydrogens is 276 g/mol. The maximum Gasteiger partial charge on any atom is 0.311 e. The molecule has 0 N–H and O–H groups in total. The van der Waals surface area contributed by atoms with Crippen molar-refractivity contribution in [2.45, 2.75) is 46.1 Å². The largest absolute Gasteiger partial charge is 0.382 e. The minimum absolute atomic E-state index is 0.0696. The Balaban J connectivity index is 2.14. The molecule has 0 amide bonds. The monoisotopic (exact) mass is 298 g/mol. The number of benzene rings is 1. The van der Waals surface area contributed by atoms with Gasteiger partial charge in [-0.05, 0) is 56.7 Å².